The van der Waals surface area contributed by atoms with Crippen LogP contribution in [0.2, 0.25) is 0 Å². The number of rotatable bonds is 6. The molecule has 1 aromatic heterocycles. The van der Waals surface area contributed by atoms with E-state index in [-0.39, 0.29) is 5.41 Å². The highest BCUT2D eigenvalue weighted by molar-refractivity contribution is 9.13. The van der Waals surface area contributed by atoms with Gasteiger partial charge in [-0.25, -0.2) is 0 Å². The Morgan fingerprint density at radius 3 is 2.41 bits per heavy atom. The van der Waals surface area contributed by atoms with Gasteiger partial charge in [-0.2, -0.15) is 0 Å². The van der Waals surface area contributed by atoms with E-state index in [4.69, 9.17) is 0 Å². The molecule has 1 nitrogen and oxygen atoms in total. The van der Waals surface area contributed by atoms with Crippen LogP contribution in [0, 0.1) is 5.41 Å². The molecule has 0 radical (unpaired) electrons. The smallest absolute Gasteiger partial charge is 0.0843 e. The molecule has 17 heavy (non-hydrogen) atoms. The Balaban J connectivity index is 2.97. The predicted molar refractivity (Wildman–Crippen MR) is 84.8 cm³/mol. The second kappa shape index (κ2) is 6.69. The minimum Gasteiger partial charge on any atom is -0.309 e. The van der Waals surface area contributed by atoms with Crippen molar-refractivity contribution in [1.29, 1.82) is 0 Å². The maximum absolute atomic E-state index is 3.69. The molecule has 0 aliphatic carbocycles. The molecule has 0 bridgehead atoms. The van der Waals surface area contributed by atoms with Crippen molar-refractivity contribution in [2.24, 2.45) is 5.41 Å². The molecule has 0 aliphatic heterocycles. The van der Waals surface area contributed by atoms with E-state index in [1.54, 1.807) is 0 Å². The Morgan fingerprint density at radius 2 is 2.00 bits per heavy atom. The first-order valence-corrected chi connectivity index (χ1v) is 8.50. The van der Waals surface area contributed by atoms with E-state index in [0.29, 0.717) is 6.04 Å². The first-order valence-electron chi connectivity index (χ1n) is 6.10. The molecule has 98 valence electrons. The van der Waals surface area contributed by atoms with Crippen LogP contribution in [0.3, 0.4) is 0 Å². The van der Waals surface area contributed by atoms with Crippen LogP contribution in [0.1, 0.15) is 51.5 Å². The fourth-order valence-corrected chi connectivity index (χ4v) is 4.14. The van der Waals surface area contributed by atoms with Crippen LogP contribution >= 0.6 is 43.2 Å². The van der Waals surface area contributed by atoms with Crippen molar-refractivity contribution >= 4 is 43.2 Å². The standard InChI is InChI=1S/C13H21Br2NS/c1-5-7-16-11(13(3,4)6-2)10-8-9(14)12(15)17-10/h8,11,16H,5-7H2,1-4H3. The molecule has 1 aromatic rings. The molecule has 0 saturated heterocycles. The normalized spacial score (nSPS) is 14.0. The molecule has 1 rings (SSSR count). The number of halogens is 2. The Hall–Kier alpha value is 0.620. The van der Waals surface area contributed by atoms with Crippen LogP contribution in [-0.4, -0.2) is 6.54 Å². The molecule has 0 aromatic carbocycles. The zero-order chi connectivity index (χ0) is 13.1. The third kappa shape index (κ3) is 4.05. The van der Waals surface area contributed by atoms with Crippen LogP contribution in [0.15, 0.2) is 14.3 Å². The summed E-state index contributed by atoms with van der Waals surface area (Å²) in [5.74, 6) is 0. The molecule has 1 N–H and O–H groups in total. The van der Waals surface area contributed by atoms with E-state index in [2.05, 4.69) is 70.9 Å². The van der Waals surface area contributed by atoms with Gasteiger partial charge >= 0.3 is 0 Å². The molecular weight excluding hydrogens is 362 g/mol. The van der Waals surface area contributed by atoms with Gasteiger partial charge in [0.1, 0.15) is 0 Å². The highest BCUT2D eigenvalue weighted by Crippen LogP contribution is 2.43. The lowest BCUT2D eigenvalue weighted by Gasteiger charge is -2.33. The van der Waals surface area contributed by atoms with Crippen molar-refractivity contribution in [3.63, 3.8) is 0 Å². The van der Waals surface area contributed by atoms with E-state index in [1.807, 2.05) is 11.3 Å². The second-order valence-electron chi connectivity index (χ2n) is 5.00. The fraction of sp³-hybridized carbons (Fsp3) is 0.692. The average molecular weight is 383 g/mol. The zero-order valence-corrected chi connectivity index (χ0v) is 14.9. The van der Waals surface area contributed by atoms with Crippen LogP contribution < -0.4 is 5.32 Å². The number of nitrogens with one attached hydrogen (secondary N) is 1. The molecule has 0 spiro atoms. The lowest BCUT2D eigenvalue weighted by atomic mass is 9.81. The van der Waals surface area contributed by atoms with Crippen molar-refractivity contribution in [2.45, 2.75) is 46.6 Å². The van der Waals surface area contributed by atoms with Crippen LogP contribution in [0.25, 0.3) is 0 Å². The summed E-state index contributed by atoms with van der Waals surface area (Å²) in [6.45, 7) is 10.2. The van der Waals surface area contributed by atoms with Gasteiger partial charge in [-0.15, -0.1) is 11.3 Å². The number of hydrogen-bond donors (Lipinski definition) is 1. The first kappa shape index (κ1) is 15.7. The van der Waals surface area contributed by atoms with Crippen LogP contribution in [-0.2, 0) is 0 Å². The molecule has 1 unspecified atom stereocenters. The van der Waals surface area contributed by atoms with Crippen LogP contribution in [0.5, 0.6) is 0 Å². The highest BCUT2D eigenvalue weighted by atomic mass is 79.9. The summed E-state index contributed by atoms with van der Waals surface area (Å²) < 4.78 is 2.34. The van der Waals surface area contributed by atoms with Crippen molar-refractivity contribution in [2.75, 3.05) is 6.54 Å². The average Bonchev–Trinajstić information content (AvgIpc) is 2.59. The van der Waals surface area contributed by atoms with E-state index in [0.717, 1.165) is 11.0 Å². The van der Waals surface area contributed by atoms with Gasteiger partial charge in [-0.1, -0.05) is 27.7 Å². The number of thiophene rings is 1. The maximum Gasteiger partial charge on any atom is 0.0843 e. The summed E-state index contributed by atoms with van der Waals surface area (Å²) in [7, 11) is 0. The summed E-state index contributed by atoms with van der Waals surface area (Å²) in [6, 6.07) is 2.67. The Kier molecular flexibility index (Phi) is 6.17. The second-order valence-corrected chi connectivity index (χ2v) is 8.26. The molecule has 4 heteroatoms. The van der Waals surface area contributed by atoms with E-state index >= 15 is 0 Å². The van der Waals surface area contributed by atoms with Gasteiger partial charge < -0.3 is 5.32 Å². The largest absolute Gasteiger partial charge is 0.309 e. The third-order valence-electron chi connectivity index (χ3n) is 3.24. The van der Waals surface area contributed by atoms with E-state index in [9.17, 15) is 0 Å². The SMILES string of the molecule is CCCNC(c1cc(Br)c(Br)s1)C(C)(C)CC. The van der Waals surface area contributed by atoms with Gasteiger partial charge in [0.25, 0.3) is 0 Å². The van der Waals surface area contributed by atoms with Gasteiger partial charge in [0.15, 0.2) is 0 Å². The Morgan fingerprint density at radius 1 is 1.35 bits per heavy atom. The topological polar surface area (TPSA) is 12.0 Å². The first-order chi connectivity index (χ1) is 7.92. The van der Waals surface area contributed by atoms with Gasteiger partial charge in [0.05, 0.1) is 3.79 Å². The highest BCUT2D eigenvalue weighted by Gasteiger charge is 2.30. The molecular formula is C13H21Br2NS. The fourth-order valence-electron chi connectivity index (χ4n) is 1.76. The van der Waals surface area contributed by atoms with E-state index in [1.165, 1.54) is 21.5 Å². The minimum atomic E-state index is 0.277. The van der Waals surface area contributed by atoms with Crippen molar-refractivity contribution in [3.8, 4) is 0 Å². The quantitative estimate of drug-likeness (QED) is 0.660. The Labute approximate surface area is 126 Å². The van der Waals surface area contributed by atoms with Crippen LogP contribution in [0.4, 0.5) is 0 Å². The van der Waals surface area contributed by atoms with Crippen molar-refractivity contribution < 1.29 is 0 Å². The lowest BCUT2D eigenvalue weighted by molar-refractivity contribution is 0.238. The summed E-state index contributed by atoms with van der Waals surface area (Å²) in [5, 5.41) is 3.69. The van der Waals surface area contributed by atoms with Crippen molar-refractivity contribution in [3.05, 3.63) is 19.2 Å². The monoisotopic (exact) mass is 381 g/mol. The van der Waals surface area contributed by atoms with Gasteiger partial charge in [-0.3, -0.25) is 0 Å². The molecule has 0 amide bonds. The van der Waals surface area contributed by atoms with Gasteiger partial charge in [0.2, 0.25) is 0 Å². The third-order valence-corrected chi connectivity index (χ3v) is 6.56. The van der Waals surface area contributed by atoms with Crippen molar-refractivity contribution in [1.82, 2.24) is 5.32 Å². The molecule has 0 fully saturated rings. The summed E-state index contributed by atoms with van der Waals surface area (Å²) >= 11 is 8.98. The summed E-state index contributed by atoms with van der Waals surface area (Å²) in [4.78, 5) is 1.41. The lowest BCUT2D eigenvalue weighted by Crippen LogP contribution is -2.33. The molecule has 0 saturated carbocycles. The summed E-state index contributed by atoms with van der Waals surface area (Å²) in [5.41, 5.74) is 0.277. The predicted octanol–water partition coefficient (Wildman–Crippen LogP) is 5.75. The molecule has 0 aliphatic rings. The van der Waals surface area contributed by atoms with Gasteiger partial charge in [-0.05, 0) is 62.7 Å². The molecule has 1 heterocycles. The zero-order valence-electron chi connectivity index (χ0n) is 10.9. The Bertz CT molecular complexity index is 341. The van der Waals surface area contributed by atoms with E-state index < -0.39 is 0 Å². The number of hydrogen-bond acceptors (Lipinski definition) is 2. The molecule has 1 atom stereocenters. The van der Waals surface area contributed by atoms with Gasteiger partial charge in [0, 0.05) is 15.4 Å². The maximum atomic E-state index is 3.69. The minimum absolute atomic E-state index is 0.277. The summed E-state index contributed by atoms with van der Waals surface area (Å²) in [6.07, 6.45) is 2.34.